The lowest BCUT2D eigenvalue weighted by Gasteiger charge is -2.09. The lowest BCUT2D eigenvalue weighted by Crippen LogP contribution is -2.09. The van der Waals surface area contributed by atoms with E-state index in [2.05, 4.69) is 10.1 Å². The summed E-state index contributed by atoms with van der Waals surface area (Å²) in [6.45, 7) is 5.25. The molecule has 0 atom stereocenters. The van der Waals surface area contributed by atoms with Gasteiger partial charge in [-0.05, 0) is 31.5 Å². The average molecular weight is 307 g/mol. The molecule has 2 aromatic heterocycles. The second-order valence-electron chi connectivity index (χ2n) is 4.95. The predicted molar refractivity (Wildman–Crippen MR) is 81.0 cm³/mol. The number of imidazole rings is 1. The molecule has 0 N–H and O–H groups in total. The third-order valence-corrected chi connectivity index (χ3v) is 3.77. The van der Waals surface area contributed by atoms with Crippen molar-refractivity contribution in [1.82, 2.24) is 19.3 Å². The first kappa shape index (κ1) is 14.1. The van der Waals surface area contributed by atoms with Crippen LogP contribution in [0, 0.1) is 12.7 Å². The number of fused-ring (bicyclic) bond motifs is 1. The molecule has 21 heavy (non-hydrogen) atoms. The molecule has 0 spiro atoms. The number of aromatic nitrogens is 4. The normalized spacial score (nSPS) is 11.4. The largest absolute Gasteiger partial charge is 0.307 e. The fraction of sp³-hybridized carbons (Fsp3) is 0.333. The SMILES string of the molecule is CCn1nc(C)c2nc(CCl)n(Cc3cccc(F)c3)c21. The summed E-state index contributed by atoms with van der Waals surface area (Å²) in [5, 5.41) is 4.48. The molecular formula is C15H16ClFN4. The fourth-order valence-electron chi connectivity index (χ4n) is 2.58. The standard InChI is InChI=1S/C15H16ClFN4/c1-3-21-15-14(10(2)19-21)18-13(8-16)20(15)9-11-5-4-6-12(17)7-11/h4-7H,3,8-9H2,1-2H3. The van der Waals surface area contributed by atoms with E-state index < -0.39 is 0 Å². The summed E-state index contributed by atoms with van der Waals surface area (Å²) < 4.78 is 17.3. The summed E-state index contributed by atoms with van der Waals surface area (Å²) in [7, 11) is 0. The van der Waals surface area contributed by atoms with Gasteiger partial charge in [-0.2, -0.15) is 5.10 Å². The van der Waals surface area contributed by atoms with E-state index in [1.165, 1.54) is 12.1 Å². The Morgan fingerprint density at radius 3 is 2.81 bits per heavy atom. The minimum absolute atomic E-state index is 0.239. The zero-order valence-electron chi connectivity index (χ0n) is 12.0. The highest BCUT2D eigenvalue weighted by atomic mass is 35.5. The van der Waals surface area contributed by atoms with Crippen molar-refractivity contribution in [3.8, 4) is 0 Å². The molecular weight excluding hydrogens is 291 g/mol. The Bertz CT molecular complexity index is 790. The van der Waals surface area contributed by atoms with Crippen LogP contribution in [0.15, 0.2) is 24.3 Å². The molecule has 0 saturated heterocycles. The van der Waals surface area contributed by atoms with Crippen LogP contribution in [-0.4, -0.2) is 19.3 Å². The van der Waals surface area contributed by atoms with Crippen molar-refractivity contribution >= 4 is 22.8 Å². The quantitative estimate of drug-likeness (QED) is 0.692. The first-order valence-electron chi connectivity index (χ1n) is 6.87. The smallest absolute Gasteiger partial charge is 0.159 e. The summed E-state index contributed by atoms with van der Waals surface area (Å²) in [5.74, 6) is 0.850. The molecule has 3 aromatic rings. The Labute approximate surface area is 127 Å². The van der Waals surface area contributed by atoms with E-state index in [1.807, 2.05) is 29.2 Å². The van der Waals surface area contributed by atoms with Crippen molar-refractivity contribution in [2.75, 3.05) is 0 Å². The van der Waals surface area contributed by atoms with E-state index in [0.29, 0.717) is 12.4 Å². The van der Waals surface area contributed by atoms with Gasteiger partial charge >= 0.3 is 0 Å². The van der Waals surface area contributed by atoms with Crippen LogP contribution in [-0.2, 0) is 19.0 Å². The van der Waals surface area contributed by atoms with Crippen LogP contribution in [0.2, 0.25) is 0 Å². The van der Waals surface area contributed by atoms with Crippen molar-refractivity contribution < 1.29 is 4.39 Å². The lowest BCUT2D eigenvalue weighted by molar-refractivity contribution is 0.619. The molecule has 6 heteroatoms. The van der Waals surface area contributed by atoms with Crippen LogP contribution < -0.4 is 0 Å². The Morgan fingerprint density at radius 1 is 1.33 bits per heavy atom. The molecule has 0 aliphatic carbocycles. The Balaban J connectivity index is 2.15. The Kier molecular flexibility index (Phi) is 3.68. The summed E-state index contributed by atoms with van der Waals surface area (Å²) in [4.78, 5) is 4.57. The summed E-state index contributed by atoms with van der Waals surface area (Å²) in [6.07, 6.45) is 0. The lowest BCUT2D eigenvalue weighted by atomic mass is 10.2. The van der Waals surface area contributed by atoms with E-state index in [-0.39, 0.29) is 5.82 Å². The van der Waals surface area contributed by atoms with Gasteiger partial charge in [0.1, 0.15) is 17.2 Å². The highest BCUT2D eigenvalue weighted by Crippen LogP contribution is 2.22. The van der Waals surface area contributed by atoms with Gasteiger partial charge in [0, 0.05) is 6.54 Å². The van der Waals surface area contributed by atoms with Crippen LogP contribution >= 0.6 is 11.6 Å². The molecule has 0 saturated carbocycles. The highest BCUT2D eigenvalue weighted by Gasteiger charge is 2.17. The summed E-state index contributed by atoms with van der Waals surface area (Å²) in [6, 6.07) is 6.58. The summed E-state index contributed by atoms with van der Waals surface area (Å²) >= 11 is 6.02. The number of halogens is 2. The third-order valence-electron chi connectivity index (χ3n) is 3.53. The van der Waals surface area contributed by atoms with Gasteiger partial charge < -0.3 is 4.57 Å². The van der Waals surface area contributed by atoms with Crippen molar-refractivity contribution in [2.45, 2.75) is 32.8 Å². The van der Waals surface area contributed by atoms with Gasteiger partial charge in [0.15, 0.2) is 5.65 Å². The topological polar surface area (TPSA) is 35.6 Å². The minimum Gasteiger partial charge on any atom is -0.307 e. The van der Waals surface area contributed by atoms with Crippen molar-refractivity contribution in [2.24, 2.45) is 0 Å². The molecule has 0 radical (unpaired) electrons. The van der Waals surface area contributed by atoms with Gasteiger partial charge in [-0.3, -0.25) is 0 Å². The van der Waals surface area contributed by atoms with E-state index in [4.69, 9.17) is 11.6 Å². The van der Waals surface area contributed by atoms with Crippen LogP contribution in [0.3, 0.4) is 0 Å². The molecule has 0 fully saturated rings. The summed E-state index contributed by atoms with van der Waals surface area (Å²) in [5.41, 5.74) is 3.57. The third kappa shape index (κ3) is 2.42. The predicted octanol–water partition coefficient (Wildman–Crippen LogP) is 3.49. The van der Waals surface area contributed by atoms with Crippen molar-refractivity contribution in [3.63, 3.8) is 0 Å². The second-order valence-corrected chi connectivity index (χ2v) is 5.22. The molecule has 0 unspecified atom stereocenters. The van der Waals surface area contributed by atoms with Gasteiger partial charge in [0.05, 0.1) is 18.1 Å². The number of hydrogen-bond donors (Lipinski definition) is 0. The molecule has 0 aliphatic heterocycles. The Morgan fingerprint density at radius 2 is 2.14 bits per heavy atom. The number of benzene rings is 1. The van der Waals surface area contributed by atoms with Gasteiger partial charge in [0.25, 0.3) is 0 Å². The fourth-order valence-corrected chi connectivity index (χ4v) is 2.78. The van der Waals surface area contributed by atoms with E-state index in [0.717, 1.165) is 34.8 Å². The van der Waals surface area contributed by atoms with Crippen LogP contribution in [0.4, 0.5) is 4.39 Å². The second kappa shape index (κ2) is 5.48. The van der Waals surface area contributed by atoms with Gasteiger partial charge in [-0.15, -0.1) is 11.6 Å². The van der Waals surface area contributed by atoms with Gasteiger partial charge in [-0.25, -0.2) is 14.1 Å². The molecule has 4 nitrogen and oxygen atoms in total. The first-order valence-corrected chi connectivity index (χ1v) is 7.40. The van der Waals surface area contributed by atoms with Crippen LogP contribution in [0.1, 0.15) is 24.0 Å². The van der Waals surface area contributed by atoms with Crippen molar-refractivity contribution in [1.29, 1.82) is 0 Å². The van der Waals surface area contributed by atoms with Gasteiger partial charge in [0.2, 0.25) is 0 Å². The number of rotatable bonds is 4. The molecule has 110 valence electrons. The molecule has 2 heterocycles. The highest BCUT2D eigenvalue weighted by molar-refractivity contribution is 6.16. The van der Waals surface area contributed by atoms with E-state index in [1.54, 1.807) is 6.07 Å². The molecule has 0 aliphatic rings. The average Bonchev–Trinajstić information content (AvgIpc) is 2.97. The molecule has 3 rings (SSSR count). The number of aryl methyl sites for hydroxylation is 2. The number of nitrogens with zero attached hydrogens (tertiary/aromatic N) is 4. The van der Waals surface area contributed by atoms with E-state index >= 15 is 0 Å². The monoisotopic (exact) mass is 306 g/mol. The zero-order chi connectivity index (χ0) is 15.0. The maximum atomic E-state index is 13.4. The number of alkyl halides is 1. The number of hydrogen-bond acceptors (Lipinski definition) is 2. The maximum absolute atomic E-state index is 13.4. The maximum Gasteiger partial charge on any atom is 0.159 e. The zero-order valence-corrected chi connectivity index (χ0v) is 12.7. The minimum atomic E-state index is -0.239. The van der Waals surface area contributed by atoms with E-state index in [9.17, 15) is 4.39 Å². The van der Waals surface area contributed by atoms with Crippen molar-refractivity contribution in [3.05, 3.63) is 47.2 Å². The first-order chi connectivity index (χ1) is 10.1. The molecule has 0 bridgehead atoms. The van der Waals surface area contributed by atoms with Gasteiger partial charge in [-0.1, -0.05) is 12.1 Å². The molecule has 0 amide bonds. The molecule has 1 aromatic carbocycles. The van der Waals surface area contributed by atoms with Crippen LogP contribution in [0.5, 0.6) is 0 Å². The Hall–Kier alpha value is -1.88. The van der Waals surface area contributed by atoms with Crippen LogP contribution in [0.25, 0.3) is 11.2 Å².